The van der Waals surface area contributed by atoms with E-state index in [1.807, 2.05) is 5.01 Å². The van der Waals surface area contributed by atoms with E-state index in [2.05, 4.69) is 31.3 Å². The molecule has 0 atom stereocenters. The van der Waals surface area contributed by atoms with E-state index in [0.29, 0.717) is 28.5 Å². The van der Waals surface area contributed by atoms with Crippen molar-refractivity contribution in [3.05, 3.63) is 102 Å². The highest BCUT2D eigenvalue weighted by Gasteiger charge is 2.20. The number of aliphatic hydroxyl groups is 1. The number of amides is 2. The molecule has 4 aromatic rings. The molecule has 1 aliphatic rings. The second-order valence-electron chi connectivity index (χ2n) is 10.1. The fourth-order valence-corrected chi connectivity index (χ4v) is 4.69. The van der Waals surface area contributed by atoms with Crippen LogP contribution in [0.15, 0.2) is 79.0 Å². The zero-order valence-corrected chi connectivity index (χ0v) is 23.2. The summed E-state index contributed by atoms with van der Waals surface area (Å²) >= 11 is 0. The first-order chi connectivity index (χ1) is 20.9. The average molecular weight is 588 g/mol. The molecule has 2 heterocycles. The average Bonchev–Trinajstić information content (AvgIpc) is 3.01. The highest BCUT2D eigenvalue weighted by atomic mass is 19.1. The van der Waals surface area contributed by atoms with E-state index in [0.717, 1.165) is 38.5 Å². The van der Waals surface area contributed by atoms with Crippen molar-refractivity contribution >= 4 is 40.6 Å². The Kier molecular flexibility index (Phi) is 9.49. The van der Waals surface area contributed by atoms with Crippen molar-refractivity contribution in [1.82, 2.24) is 20.4 Å². The third kappa shape index (κ3) is 7.87. The molecule has 1 fully saturated rings. The molecule has 222 valence electrons. The van der Waals surface area contributed by atoms with Crippen molar-refractivity contribution in [2.45, 2.75) is 19.3 Å². The molecule has 5 N–H and O–H groups in total. The molecule has 5 rings (SSSR count). The third-order valence-electron chi connectivity index (χ3n) is 7.08. The number of anilines is 5. The van der Waals surface area contributed by atoms with E-state index in [1.165, 1.54) is 18.2 Å². The summed E-state index contributed by atoms with van der Waals surface area (Å²) in [6.07, 6.45) is 3.68. The summed E-state index contributed by atoms with van der Waals surface area (Å²) in [5.74, 6) is -1.53. The first-order valence-corrected chi connectivity index (χ1v) is 13.9. The maximum atomic E-state index is 14.5. The lowest BCUT2D eigenvalue weighted by Crippen LogP contribution is -2.46. The molecule has 2 amide bonds. The van der Waals surface area contributed by atoms with Gasteiger partial charge in [-0.2, -0.15) is 4.98 Å². The number of halogens is 2. The second kappa shape index (κ2) is 13.8. The number of carbonyl (C=O) groups is 2. The molecule has 0 bridgehead atoms. The van der Waals surface area contributed by atoms with Gasteiger partial charge in [0.15, 0.2) is 11.6 Å². The third-order valence-corrected chi connectivity index (χ3v) is 7.08. The van der Waals surface area contributed by atoms with Crippen LogP contribution in [0.2, 0.25) is 0 Å². The van der Waals surface area contributed by atoms with Gasteiger partial charge in [-0.05, 0) is 85.8 Å². The minimum atomic E-state index is -0.671. The van der Waals surface area contributed by atoms with Crippen LogP contribution in [0.25, 0.3) is 0 Å². The fourth-order valence-electron chi connectivity index (χ4n) is 4.69. The van der Waals surface area contributed by atoms with Crippen LogP contribution in [0.4, 0.5) is 37.6 Å². The lowest BCUT2D eigenvalue weighted by molar-refractivity contribution is 0.0681. The second-order valence-corrected chi connectivity index (χ2v) is 10.1. The molecule has 1 aliphatic heterocycles. The summed E-state index contributed by atoms with van der Waals surface area (Å²) in [4.78, 5) is 33.2. The number of benzene rings is 3. The number of aromatic nitrogens is 2. The van der Waals surface area contributed by atoms with Gasteiger partial charge in [-0.1, -0.05) is 12.1 Å². The number of hydrazine groups is 1. The lowest BCUT2D eigenvalue weighted by Gasteiger charge is -2.31. The number of aliphatic hydroxyl groups excluding tert-OH is 1. The number of rotatable bonds is 10. The Bertz CT molecular complexity index is 1560. The molecule has 0 radical (unpaired) electrons. The van der Waals surface area contributed by atoms with Crippen LogP contribution in [-0.2, 0) is 0 Å². The van der Waals surface area contributed by atoms with Gasteiger partial charge in [-0.3, -0.25) is 15.0 Å². The zero-order valence-electron chi connectivity index (χ0n) is 23.2. The minimum Gasteiger partial charge on any atom is -0.396 e. The quantitative estimate of drug-likeness (QED) is 0.170. The van der Waals surface area contributed by atoms with Gasteiger partial charge in [0.2, 0.25) is 5.95 Å². The summed E-state index contributed by atoms with van der Waals surface area (Å²) in [6, 6.07) is 18.9. The highest BCUT2D eigenvalue weighted by Crippen LogP contribution is 2.23. The molecule has 0 saturated carbocycles. The molecule has 10 nitrogen and oxygen atoms in total. The van der Waals surface area contributed by atoms with Gasteiger partial charge in [0.25, 0.3) is 11.8 Å². The van der Waals surface area contributed by atoms with Crippen LogP contribution < -0.4 is 21.4 Å². The van der Waals surface area contributed by atoms with Gasteiger partial charge in [0.1, 0.15) is 5.82 Å². The van der Waals surface area contributed by atoms with Crippen LogP contribution in [0.1, 0.15) is 40.0 Å². The molecule has 0 aliphatic carbocycles. The van der Waals surface area contributed by atoms with Gasteiger partial charge in [0, 0.05) is 42.3 Å². The number of hydrogen-bond acceptors (Lipinski definition) is 8. The Hall–Kier alpha value is -4.94. The Morgan fingerprint density at radius 1 is 0.837 bits per heavy atom. The maximum absolute atomic E-state index is 14.5. The highest BCUT2D eigenvalue weighted by molar-refractivity contribution is 6.04. The minimum absolute atomic E-state index is 0.0700. The van der Waals surface area contributed by atoms with Crippen molar-refractivity contribution < 1.29 is 23.5 Å². The van der Waals surface area contributed by atoms with Crippen molar-refractivity contribution in [2.75, 3.05) is 35.6 Å². The molecular weight excluding hydrogens is 556 g/mol. The number of nitrogens with one attached hydrogen (secondary N) is 4. The predicted octanol–water partition coefficient (Wildman–Crippen LogP) is 5.23. The van der Waals surface area contributed by atoms with Crippen LogP contribution in [0.5, 0.6) is 0 Å². The number of piperidine rings is 1. The van der Waals surface area contributed by atoms with E-state index >= 15 is 0 Å². The van der Waals surface area contributed by atoms with Crippen LogP contribution in [0, 0.1) is 17.6 Å². The van der Waals surface area contributed by atoms with Crippen molar-refractivity contribution in [3.63, 3.8) is 0 Å². The first-order valence-electron chi connectivity index (χ1n) is 13.9. The summed E-state index contributed by atoms with van der Waals surface area (Å²) < 4.78 is 28.4. The van der Waals surface area contributed by atoms with E-state index in [4.69, 9.17) is 5.11 Å². The van der Waals surface area contributed by atoms with Gasteiger partial charge in [-0.15, -0.1) is 0 Å². The van der Waals surface area contributed by atoms with Gasteiger partial charge >= 0.3 is 0 Å². The summed E-state index contributed by atoms with van der Waals surface area (Å²) in [5.41, 5.74) is 4.88. The van der Waals surface area contributed by atoms with E-state index in [9.17, 15) is 18.4 Å². The number of hydrogen-bond donors (Lipinski definition) is 5. The van der Waals surface area contributed by atoms with E-state index in [-0.39, 0.29) is 29.8 Å². The van der Waals surface area contributed by atoms with Crippen LogP contribution in [-0.4, -0.2) is 51.6 Å². The number of carbonyl (C=O) groups excluding carboxylic acids is 2. The maximum Gasteiger partial charge on any atom is 0.265 e. The molecule has 12 heteroatoms. The smallest absolute Gasteiger partial charge is 0.265 e. The Balaban J connectivity index is 1.16. The molecule has 1 saturated heterocycles. The molecular formula is C31H31F2N7O3. The summed E-state index contributed by atoms with van der Waals surface area (Å²) in [6.45, 7) is 1.67. The van der Waals surface area contributed by atoms with Crippen LogP contribution >= 0.6 is 0 Å². The Labute approximate surface area is 247 Å². The standard InChI is InChI=1S/C31H31F2N7O3/c32-26-4-2-1-3-25(26)30(43)36-23-11-9-22(10-12-23)35-28-27(33)19-34-31(38-28)37-24-7-5-21(6-8-24)29(42)39-40-16-13-20(14-17-40)15-18-41/h1-12,19-20,41H,13-18H2,(H,36,43)(H,39,42)(H2,34,35,37,38). The lowest BCUT2D eigenvalue weighted by atomic mass is 9.95. The largest absolute Gasteiger partial charge is 0.396 e. The van der Waals surface area contributed by atoms with Crippen molar-refractivity contribution in [2.24, 2.45) is 5.92 Å². The van der Waals surface area contributed by atoms with Crippen LogP contribution in [0.3, 0.4) is 0 Å². The molecule has 3 aromatic carbocycles. The molecule has 1 aromatic heterocycles. The van der Waals surface area contributed by atoms with Gasteiger partial charge < -0.3 is 21.1 Å². The molecule has 0 spiro atoms. The molecule has 43 heavy (non-hydrogen) atoms. The summed E-state index contributed by atoms with van der Waals surface area (Å²) in [7, 11) is 0. The monoisotopic (exact) mass is 587 g/mol. The fraction of sp³-hybridized carbons (Fsp3) is 0.226. The van der Waals surface area contributed by atoms with Gasteiger partial charge in [-0.25, -0.2) is 18.8 Å². The first kappa shape index (κ1) is 29.5. The Morgan fingerprint density at radius 3 is 2.19 bits per heavy atom. The summed E-state index contributed by atoms with van der Waals surface area (Å²) in [5, 5.41) is 19.5. The normalized spacial score (nSPS) is 13.7. The SMILES string of the molecule is O=C(NN1CCC(CCO)CC1)c1ccc(Nc2ncc(F)c(Nc3ccc(NC(=O)c4ccccc4F)cc3)n2)cc1. The number of nitrogens with zero attached hydrogens (tertiary/aromatic N) is 3. The van der Waals surface area contributed by atoms with Gasteiger partial charge in [0.05, 0.1) is 11.8 Å². The molecule has 0 unspecified atom stereocenters. The van der Waals surface area contributed by atoms with E-state index < -0.39 is 17.5 Å². The van der Waals surface area contributed by atoms with E-state index in [1.54, 1.807) is 54.6 Å². The zero-order chi connectivity index (χ0) is 30.2. The predicted molar refractivity (Wildman–Crippen MR) is 159 cm³/mol. The Morgan fingerprint density at radius 2 is 1.49 bits per heavy atom. The van der Waals surface area contributed by atoms with Crippen molar-refractivity contribution in [1.29, 1.82) is 0 Å². The van der Waals surface area contributed by atoms with Crippen molar-refractivity contribution in [3.8, 4) is 0 Å². The topological polar surface area (TPSA) is 132 Å².